The Morgan fingerprint density at radius 2 is 2.11 bits per heavy atom. The number of methoxy groups -OCH3 is 1. The van der Waals surface area contributed by atoms with Crippen molar-refractivity contribution in [1.29, 1.82) is 0 Å². The van der Waals surface area contributed by atoms with Crippen molar-refractivity contribution in [2.45, 2.75) is 13.3 Å². The molecule has 0 saturated carbocycles. The number of nitrogens with one attached hydrogen (secondary N) is 1. The lowest BCUT2D eigenvalue weighted by Gasteiger charge is -2.05. The van der Waals surface area contributed by atoms with Crippen molar-refractivity contribution < 1.29 is 13.9 Å². The minimum Gasteiger partial charge on any atom is -0.497 e. The molecule has 5 heteroatoms. The largest absolute Gasteiger partial charge is 0.497 e. The van der Waals surface area contributed by atoms with Crippen molar-refractivity contribution in [1.82, 2.24) is 4.98 Å². The maximum absolute atomic E-state index is 11.8. The second kappa shape index (κ2) is 5.35. The molecule has 0 bridgehead atoms. The SMILES string of the molecule is COc1ccc(NC(=O)Cc2ocnc2C)cc1. The molecule has 2 rings (SSSR count). The molecule has 0 aliphatic carbocycles. The molecular weight excluding hydrogens is 232 g/mol. The summed E-state index contributed by atoms with van der Waals surface area (Å²) in [5.74, 6) is 1.19. The smallest absolute Gasteiger partial charge is 0.232 e. The Hall–Kier alpha value is -2.30. The zero-order valence-electron chi connectivity index (χ0n) is 10.3. The van der Waals surface area contributed by atoms with Crippen LogP contribution >= 0.6 is 0 Å². The number of oxazole rings is 1. The van der Waals surface area contributed by atoms with Gasteiger partial charge in [-0.25, -0.2) is 4.98 Å². The molecule has 0 saturated heterocycles. The van der Waals surface area contributed by atoms with Crippen molar-refractivity contribution in [3.05, 3.63) is 42.1 Å². The molecule has 1 N–H and O–H groups in total. The van der Waals surface area contributed by atoms with E-state index < -0.39 is 0 Å². The first-order valence-electron chi connectivity index (χ1n) is 5.52. The van der Waals surface area contributed by atoms with Crippen LogP contribution in [0.3, 0.4) is 0 Å². The van der Waals surface area contributed by atoms with Crippen molar-refractivity contribution in [3.63, 3.8) is 0 Å². The van der Waals surface area contributed by atoms with E-state index in [1.165, 1.54) is 6.39 Å². The number of aryl methyl sites for hydroxylation is 1. The van der Waals surface area contributed by atoms with E-state index in [0.29, 0.717) is 5.76 Å². The van der Waals surface area contributed by atoms with Crippen LogP contribution in [0.25, 0.3) is 0 Å². The van der Waals surface area contributed by atoms with Gasteiger partial charge in [-0.05, 0) is 31.2 Å². The number of carbonyl (C=O) groups excluding carboxylic acids is 1. The number of carbonyl (C=O) groups is 1. The highest BCUT2D eigenvalue weighted by Crippen LogP contribution is 2.15. The Morgan fingerprint density at radius 1 is 1.39 bits per heavy atom. The molecule has 0 spiro atoms. The molecule has 0 radical (unpaired) electrons. The summed E-state index contributed by atoms with van der Waals surface area (Å²) in [6.07, 6.45) is 1.52. The van der Waals surface area contributed by atoms with Gasteiger partial charge in [0.15, 0.2) is 6.39 Å². The van der Waals surface area contributed by atoms with E-state index in [0.717, 1.165) is 17.1 Å². The first-order valence-corrected chi connectivity index (χ1v) is 5.52. The third-order valence-corrected chi connectivity index (χ3v) is 2.54. The third-order valence-electron chi connectivity index (χ3n) is 2.54. The third kappa shape index (κ3) is 2.88. The summed E-state index contributed by atoms with van der Waals surface area (Å²) in [5, 5.41) is 2.78. The summed E-state index contributed by atoms with van der Waals surface area (Å²) >= 11 is 0. The van der Waals surface area contributed by atoms with E-state index >= 15 is 0 Å². The second-order valence-electron chi connectivity index (χ2n) is 3.81. The van der Waals surface area contributed by atoms with Gasteiger partial charge in [0.25, 0.3) is 0 Å². The molecular formula is C13H14N2O3. The molecule has 1 amide bonds. The Kier molecular flexibility index (Phi) is 3.62. The highest BCUT2D eigenvalue weighted by Gasteiger charge is 2.10. The number of benzene rings is 1. The lowest BCUT2D eigenvalue weighted by molar-refractivity contribution is -0.115. The molecule has 1 aromatic carbocycles. The van der Waals surface area contributed by atoms with Gasteiger partial charge < -0.3 is 14.5 Å². The first-order chi connectivity index (χ1) is 8.69. The van der Waals surface area contributed by atoms with Gasteiger partial charge in [0.2, 0.25) is 5.91 Å². The molecule has 0 fully saturated rings. The van der Waals surface area contributed by atoms with Gasteiger partial charge in [0, 0.05) is 5.69 Å². The predicted octanol–water partition coefficient (Wildman–Crippen LogP) is 2.17. The number of ether oxygens (including phenoxy) is 1. The summed E-state index contributed by atoms with van der Waals surface area (Å²) in [4.78, 5) is 15.7. The van der Waals surface area contributed by atoms with Gasteiger partial charge in [-0.1, -0.05) is 0 Å². The molecule has 0 atom stereocenters. The predicted molar refractivity (Wildman–Crippen MR) is 66.6 cm³/mol. The number of hydrogen-bond acceptors (Lipinski definition) is 4. The van der Waals surface area contributed by atoms with Crippen molar-refractivity contribution in [2.24, 2.45) is 0 Å². The van der Waals surface area contributed by atoms with Crippen LogP contribution in [0.15, 0.2) is 35.1 Å². The van der Waals surface area contributed by atoms with E-state index in [4.69, 9.17) is 9.15 Å². The fourth-order valence-corrected chi connectivity index (χ4v) is 1.52. The van der Waals surface area contributed by atoms with Crippen LogP contribution in [0.5, 0.6) is 5.75 Å². The lowest BCUT2D eigenvalue weighted by Crippen LogP contribution is -2.14. The monoisotopic (exact) mass is 246 g/mol. The van der Waals surface area contributed by atoms with E-state index in [9.17, 15) is 4.79 Å². The Labute approximate surface area is 105 Å². The van der Waals surface area contributed by atoms with Crippen LogP contribution in [0, 0.1) is 6.92 Å². The Morgan fingerprint density at radius 3 is 2.67 bits per heavy atom. The molecule has 5 nitrogen and oxygen atoms in total. The fourth-order valence-electron chi connectivity index (χ4n) is 1.52. The minimum absolute atomic E-state index is 0.139. The zero-order valence-corrected chi connectivity index (χ0v) is 10.3. The summed E-state index contributed by atoms with van der Waals surface area (Å²) in [6.45, 7) is 1.81. The Bertz CT molecular complexity index is 531. The number of nitrogens with zero attached hydrogens (tertiary/aromatic N) is 1. The molecule has 1 aromatic heterocycles. The molecule has 0 aliphatic rings. The van der Waals surface area contributed by atoms with Gasteiger partial charge >= 0.3 is 0 Å². The van der Waals surface area contributed by atoms with Gasteiger partial charge in [-0.15, -0.1) is 0 Å². The van der Waals surface area contributed by atoms with Crippen LogP contribution in [0.2, 0.25) is 0 Å². The zero-order chi connectivity index (χ0) is 13.0. The summed E-state index contributed by atoms with van der Waals surface area (Å²) in [5.41, 5.74) is 1.46. The minimum atomic E-state index is -0.139. The normalized spacial score (nSPS) is 10.1. The standard InChI is InChI=1S/C13H14N2O3/c1-9-12(18-8-14-9)7-13(16)15-10-3-5-11(17-2)6-4-10/h3-6,8H,7H2,1-2H3,(H,15,16). The Balaban J connectivity index is 1.96. The van der Waals surface area contributed by atoms with Crippen molar-refractivity contribution >= 4 is 11.6 Å². The average Bonchev–Trinajstić information content (AvgIpc) is 2.76. The van der Waals surface area contributed by atoms with E-state index in [1.807, 2.05) is 0 Å². The summed E-state index contributed by atoms with van der Waals surface area (Å²) in [7, 11) is 1.60. The van der Waals surface area contributed by atoms with E-state index in [1.54, 1.807) is 38.3 Å². The van der Waals surface area contributed by atoms with Crippen molar-refractivity contribution in [2.75, 3.05) is 12.4 Å². The quantitative estimate of drug-likeness (QED) is 0.898. The van der Waals surface area contributed by atoms with E-state index in [-0.39, 0.29) is 12.3 Å². The number of hydrogen-bond donors (Lipinski definition) is 1. The molecule has 94 valence electrons. The van der Waals surface area contributed by atoms with E-state index in [2.05, 4.69) is 10.3 Å². The van der Waals surface area contributed by atoms with Crippen LogP contribution in [-0.2, 0) is 11.2 Å². The van der Waals surface area contributed by atoms with Gasteiger partial charge in [0.1, 0.15) is 11.5 Å². The van der Waals surface area contributed by atoms with Gasteiger partial charge in [0.05, 0.1) is 19.2 Å². The molecule has 0 unspecified atom stereocenters. The van der Waals surface area contributed by atoms with Gasteiger partial charge in [-0.3, -0.25) is 4.79 Å². The number of rotatable bonds is 4. The molecule has 0 aliphatic heterocycles. The van der Waals surface area contributed by atoms with Crippen LogP contribution in [0.4, 0.5) is 5.69 Å². The maximum Gasteiger partial charge on any atom is 0.232 e. The lowest BCUT2D eigenvalue weighted by atomic mass is 10.2. The fraction of sp³-hybridized carbons (Fsp3) is 0.231. The maximum atomic E-state index is 11.8. The molecule has 1 heterocycles. The summed E-state index contributed by atoms with van der Waals surface area (Å²) in [6, 6.07) is 7.14. The number of amides is 1. The second-order valence-corrected chi connectivity index (χ2v) is 3.81. The highest BCUT2D eigenvalue weighted by atomic mass is 16.5. The summed E-state index contributed by atoms with van der Waals surface area (Å²) < 4.78 is 10.2. The highest BCUT2D eigenvalue weighted by molar-refractivity contribution is 5.92. The average molecular weight is 246 g/mol. The first kappa shape index (κ1) is 12.2. The van der Waals surface area contributed by atoms with Crippen LogP contribution in [-0.4, -0.2) is 18.0 Å². The number of aromatic nitrogens is 1. The number of anilines is 1. The topological polar surface area (TPSA) is 64.4 Å². The molecule has 18 heavy (non-hydrogen) atoms. The van der Waals surface area contributed by atoms with Crippen LogP contribution < -0.4 is 10.1 Å². The van der Waals surface area contributed by atoms with Crippen molar-refractivity contribution in [3.8, 4) is 5.75 Å². The van der Waals surface area contributed by atoms with Gasteiger partial charge in [-0.2, -0.15) is 0 Å². The van der Waals surface area contributed by atoms with Crippen LogP contribution in [0.1, 0.15) is 11.5 Å². The molecule has 2 aromatic rings.